The Labute approximate surface area is 148 Å². The minimum Gasteiger partial charge on any atom is -0.494 e. The number of carbonyl (C=O) groups is 1. The third kappa shape index (κ3) is 3.03. The van der Waals surface area contributed by atoms with Crippen molar-refractivity contribution in [3.05, 3.63) is 55.6 Å². The number of nitrogens with one attached hydrogen (secondary N) is 2. The molecule has 1 aliphatic heterocycles. The molecule has 25 heavy (non-hydrogen) atoms. The number of hydrogen-bond donors (Lipinski definition) is 3. The first kappa shape index (κ1) is 16.8. The molecule has 0 aliphatic carbocycles. The van der Waals surface area contributed by atoms with Crippen LogP contribution in [0.3, 0.4) is 0 Å². The van der Waals surface area contributed by atoms with Crippen LogP contribution in [0.1, 0.15) is 23.6 Å². The number of H-pyrrole nitrogens is 2. The fourth-order valence-corrected chi connectivity index (χ4v) is 2.67. The lowest BCUT2D eigenvalue weighted by Gasteiger charge is -2.13. The SMILES string of the molecule is CC1=NN(c2ccc(C)c(C)c2)C(=O)/C1=C/c1c(O)[nH]c(=S)[nH]c1=O. The van der Waals surface area contributed by atoms with Crippen LogP contribution in [0.25, 0.3) is 6.08 Å². The van der Waals surface area contributed by atoms with Crippen molar-refractivity contribution in [2.45, 2.75) is 20.8 Å². The number of hydrazone groups is 1. The summed E-state index contributed by atoms with van der Waals surface area (Å²) in [6.45, 7) is 5.61. The summed E-state index contributed by atoms with van der Waals surface area (Å²) in [7, 11) is 0. The van der Waals surface area contributed by atoms with E-state index >= 15 is 0 Å². The van der Waals surface area contributed by atoms with Gasteiger partial charge in [0, 0.05) is 0 Å². The Morgan fingerprint density at radius 2 is 1.88 bits per heavy atom. The molecule has 8 heteroatoms. The predicted octanol–water partition coefficient (Wildman–Crippen LogP) is 2.56. The highest BCUT2D eigenvalue weighted by Crippen LogP contribution is 2.27. The number of anilines is 1. The van der Waals surface area contributed by atoms with E-state index in [2.05, 4.69) is 15.1 Å². The van der Waals surface area contributed by atoms with E-state index in [1.165, 1.54) is 11.1 Å². The molecule has 1 aromatic carbocycles. The summed E-state index contributed by atoms with van der Waals surface area (Å²) in [5.74, 6) is -0.770. The van der Waals surface area contributed by atoms with Crippen LogP contribution in [0.15, 0.2) is 33.7 Å². The zero-order valence-electron chi connectivity index (χ0n) is 13.9. The number of nitrogens with zero attached hydrogens (tertiary/aromatic N) is 2. The summed E-state index contributed by atoms with van der Waals surface area (Å²) < 4.78 is 0.00421. The highest BCUT2D eigenvalue weighted by molar-refractivity contribution is 7.71. The second-order valence-electron chi connectivity index (χ2n) is 5.80. The van der Waals surface area contributed by atoms with E-state index in [-0.39, 0.29) is 21.8 Å². The van der Waals surface area contributed by atoms with Gasteiger partial charge in [0.25, 0.3) is 11.5 Å². The molecule has 0 atom stereocenters. The number of carbonyl (C=O) groups excluding carboxylic acids is 1. The highest BCUT2D eigenvalue weighted by Gasteiger charge is 2.29. The largest absolute Gasteiger partial charge is 0.494 e. The van der Waals surface area contributed by atoms with Crippen LogP contribution in [0.5, 0.6) is 5.88 Å². The summed E-state index contributed by atoms with van der Waals surface area (Å²) >= 11 is 4.79. The van der Waals surface area contributed by atoms with Crippen molar-refractivity contribution in [1.29, 1.82) is 0 Å². The van der Waals surface area contributed by atoms with Crippen LogP contribution in [0.2, 0.25) is 0 Å². The maximum absolute atomic E-state index is 12.7. The highest BCUT2D eigenvalue weighted by atomic mass is 32.1. The van der Waals surface area contributed by atoms with E-state index < -0.39 is 11.4 Å². The number of hydrogen-bond acceptors (Lipinski definition) is 5. The number of aromatic nitrogens is 2. The fourth-order valence-electron chi connectivity index (χ4n) is 2.48. The first-order chi connectivity index (χ1) is 11.8. The third-order valence-electron chi connectivity index (χ3n) is 4.05. The van der Waals surface area contributed by atoms with Gasteiger partial charge in [0.15, 0.2) is 4.77 Å². The van der Waals surface area contributed by atoms with Crippen molar-refractivity contribution >= 4 is 35.6 Å². The second kappa shape index (κ2) is 6.14. The third-order valence-corrected chi connectivity index (χ3v) is 4.25. The smallest absolute Gasteiger partial charge is 0.280 e. The van der Waals surface area contributed by atoms with Gasteiger partial charge < -0.3 is 10.1 Å². The first-order valence-corrected chi connectivity index (χ1v) is 7.93. The minimum atomic E-state index is -0.584. The Kier molecular flexibility index (Phi) is 4.13. The minimum absolute atomic E-state index is 0.00421. The van der Waals surface area contributed by atoms with Crippen molar-refractivity contribution in [1.82, 2.24) is 9.97 Å². The number of aromatic amines is 2. The standard InChI is InChI=1S/C17H16N4O3S/c1-8-4-5-11(6-9(8)2)21-16(24)12(10(3)20-21)7-13-14(22)18-17(25)19-15(13)23/h4-7H,1-3H3,(H3,18,19,22,23,25)/b12-7+. The summed E-state index contributed by atoms with van der Waals surface area (Å²) in [6.07, 6.45) is 1.31. The van der Waals surface area contributed by atoms with Gasteiger partial charge in [-0.3, -0.25) is 14.6 Å². The number of aryl methyl sites for hydroxylation is 2. The molecule has 0 saturated heterocycles. The molecule has 1 aliphatic rings. The number of aromatic hydroxyl groups is 1. The maximum Gasteiger partial charge on any atom is 0.280 e. The van der Waals surface area contributed by atoms with Crippen molar-refractivity contribution in [3.63, 3.8) is 0 Å². The maximum atomic E-state index is 12.7. The average molecular weight is 356 g/mol. The molecule has 0 fully saturated rings. The van der Waals surface area contributed by atoms with Crippen LogP contribution in [-0.4, -0.2) is 26.7 Å². The van der Waals surface area contributed by atoms with Gasteiger partial charge in [-0.25, -0.2) is 0 Å². The lowest BCUT2D eigenvalue weighted by atomic mass is 10.1. The van der Waals surface area contributed by atoms with Gasteiger partial charge in [0.1, 0.15) is 5.56 Å². The molecule has 0 bridgehead atoms. The van der Waals surface area contributed by atoms with E-state index in [1.807, 2.05) is 32.0 Å². The van der Waals surface area contributed by atoms with Crippen molar-refractivity contribution in [2.75, 3.05) is 5.01 Å². The molecule has 128 valence electrons. The molecule has 0 unspecified atom stereocenters. The number of amides is 1. The topological polar surface area (TPSA) is 102 Å². The monoisotopic (exact) mass is 356 g/mol. The lowest BCUT2D eigenvalue weighted by molar-refractivity contribution is -0.114. The van der Waals surface area contributed by atoms with E-state index in [0.29, 0.717) is 11.4 Å². The zero-order valence-corrected chi connectivity index (χ0v) is 14.7. The second-order valence-corrected chi connectivity index (χ2v) is 6.21. The first-order valence-electron chi connectivity index (χ1n) is 7.52. The molecule has 1 amide bonds. The Bertz CT molecular complexity index is 1060. The molecule has 3 N–H and O–H groups in total. The Morgan fingerprint density at radius 3 is 2.52 bits per heavy atom. The molecule has 2 heterocycles. The molecule has 7 nitrogen and oxygen atoms in total. The molecule has 2 aromatic rings. The molecule has 3 rings (SSSR count). The van der Waals surface area contributed by atoms with Gasteiger partial charge in [0.2, 0.25) is 5.88 Å². The van der Waals surface area contributed by atoms with Crippen molar-refractivity contribution in [2.24, 2.45) is 5.10 Å². The molecule has 0 radical (unpaired) electrons. The van der Waals surface area contributed by atoms with Crippen LogP contribution in [-0.2, 0) is 4.79 Å². The van der Waals surface area contributed by atoms with E-state index in [4.69, 9.17) is 12.2 Å². The quantitative estimate of drug-likeness (QED) is 0.568. The fraction of sp³-hybridized carbons (Fsp3) is 0.176. The Morgan fingerprint density at radius 1 is 1.16 bits per heavy atom. The van der Waals surface area contributed by atoms with Crippen molar-refractivity contribution < 1.29 is 9.90 Å². The van der Waals surface area contributed by atoms with Gasteiger partial charge >= 0.3 is 0 Å². The van der Waals surface area contributed by atoms with E-state index in [9.17, 15) is 14.7 Å². The molecular weight excluding hydrogens is 340 g/mol. The molecular formula is C17H16N4O3S. The summed E-state index contributed by atoms with van der Waals surface area (Å²) in [5, 5.41) is 15.5. The van der Waals surface area contributed by atoms with E-state index in [1.54, 1.807) is 6.92 Å². The normalized spacial score (nSPS) is 15.8. The van der Waals surface area contributed by atoms with Crippen LogP contribution >= 0.6 is 12.2 Å². The van der Waals surface area contributed by atoms with Gasteiger partial charge in [-0.2, -0.15) is 10.1 Å². The Hall–Kier alpha value is -3.00. The van der Waals surface area contributed by atoms with Gasteiger partial charge in [-0.05, 0) is 62.3 Å². The molecule has 1 aromatic heterocycles. The van der Waals surface area contributed by atoms with Gasteiger partial charge in [-0.1, -0.05) is 6.07 Å². The number of rotatable bonds is 2. The number of benzene rings is 1. The van der Waals surface area contributed by atoms with Gasteiger partial charge in [0.05, 0.1) is 17.0 Å². The average Bonchev–Trinajstić information content (AvgIpc) is 2.81. The summed E-state index contributed by atoms with van der Waals surface area (Å²) in [5.41, 5.74) is 2.81. The van der Waals surface area contributed by atoms with Crippen LogP contribution in [0, 0.1) is 18.6 Å². The van der Waals surface area contributed by atoms with Crippen LogP contribution < -0.4 is 10.6 Å². The molecule has 0 saturated carbocycles. The van der Waals surface area contributed by atoms with Crippen molar-refractivity contribution in [3.8, 4) is 5.88 Å². The lowest BCUT2D eigenvalue weighted by Crippen LogP contribution is -2.22. The zero-order chi connectivity index (χ0) is 18.3. The Balaban J connectivity index is 2.05. The summed E-state index contributed by atoms with van der Waals surface area (Å²) in [6, 6.07) is 5.60. The molecule has 0 spiro atoms. The van der Waals surface area contributed by atoms with E-state index in [0.717, 1.165) is 11.1 Å². The van der Waals surface area contributed by atoms with Gasteiger partial charge in [-0.15, -0.1) is 0 Å². The van der Waals surface area contributed by atoms with Crippen LogP contribution in [0.4, 0.5) is 5.69 Å². The predicted molar refractivity (Wildman–Crippen MR) is 98.4 cm³/mol. The summed E-state index contributed by atoms with van der Waals surface area (Å²) in [4.78, 5) is 29.5.